The molecule has 4 nitrogen and oxygen atoms in total. The first-order chi connectivity index (χ1) is 3.63. The number of hydrogen-bond donors (Lipinski definition) is 0. The van der Waals surface area contributed by atoms with E-state index in [9.17, 15) is 19.8 Å². The van der Waals surface area contributed by atoms with Gasteiger partial charge in [0.25, 0.3) is 0 Å². The van der Waals surface area contributed by atoms with Gasteiger partial charge in [0.05, 0.1) is 0 Å². The van der Waals surface area contributed by atoms with Crippen molar-refractivity contribution in [1.82, 2.24) is 0 Å². The Kier molecular flexibility index (Phi) is 7.41. The summed E-state index contributed by atoms with van der Waals surface area (Å²) in [5.41, 5.74) is 0. The van der Waals surface area contributed by atoms with Gasteiger partial charge < -0.3 is 19.8 Å². The minimum absolute atomic E-state index is 0. The van der Waals surface area contributed by atoms with Crippen LogP contribution in [0.3, 0.4) is 0 Å². The van der Waals surface area contributed by atoms with Gasteiger partial charge in [0.15, 0.2) is 0 Å². The molecule has 0 aromatic rings. The van der Waals surface area contributed by atoms with Crippen molar-refractivity contribution in [3.63, 3.8) is 0 Å². The SMILES string of the molecule is O=C([O-])CCC(=O)[O-].[H+].[Nb+3]. The predicted molar refractivity (Wildman–Crippen MR) is 20.4 cm³/mol. The van der Waals surface area contributed by atoms with Crippen molar-refractivity contribution in [2.24, 2.45) is 0 Å². The van der Waals surface area contributed by atoms with E-state index in [1.807, 2.05) is 0 Å². The largest absolute Gasteiger partial charge is 3.00 e. The summed E-state index contributed by atoms with van der Waals surface area (Å²) in [6.45, 7) is 0. The van der Waals surface area contributed by atoms with Crippen molar-refractivity contribution >= 4 is 11.9 Å². The van der Waals surface area contributed by atoms with Crippen molar-refractivity contribution in [2.75, 3.05) is 0 Å². The molecule has 0 aromatic carbocycles. The van der Waals surface area contributed by atoms with Crippen molar-refractivity contribution in [2.45, 2.75) is 12.8 Å². The van der Waals surface area contributed by atoms with Crippen LogP contribution in [-0.2, 0) is 32.0 Å². The van der Waals surface area contributed by atoms with E-state index in [1.165, 1.54) is 0 Å². The van der Waals surface area contributed by atoms with Crippen molar-refractivity contribution in [3.05, 3.63) is 0 Å². The fourth-order valence-electron chi connectivity index (χ4n) is 0.204. The molecule has 48 valence electrons. The maximum atomic E-state index is 9.50. The molecule has 0 atom stereocenters. The van der Waals surface area contributed by atoms with E-state index in [1.54, 1.807) is 0 Å². The zero-order valence-electron chi connectivity index (χ0n) is 5.49. The standard InChI is InChI=1S/C4H6O4.Nb/c5-3(6)1-2-4(7)8;/h1-2H2,(H,5,6)(H,7,8);/q;+3/p-1. The number of carbonyl (C=O) groups is 2. The minimum Gasteiger partial charge on any atom is -0.550 e. The Balaban J connectivity index is -0.000000245. The topological polar surface area (TPSA) is 80.3 Å². The van der Waals surface area contributed by atoms with Gasteiger partial charge in [-0.1, -0.05) is 0 Å². The van der Waals surface area contributed by atoms with E-state index in [-0.39, 0.29) is 23.8 Å². The molecule has 0 aliphatic carbocycles. The number of hydrogen-bond acceptors (Lipinski definition) is 4. The van der Waals surface area contributed by atoms with Crippen LogP contribution in [0.25, 0.3) is 0 Å². The first kappa shape index (κ1) is 11.5. The Labute approximate surface area is 68.9 Å². The molecule has 0 aliphatic heterocycles. The normalized spacial score (nSPS) is 7.56. The summed E-state index contributed by atoms with van der Waals surface area (Å²) >= 11 is 0. The van der Waals surface area contributed by atoms with E-state index >= 15 is 0 Å². The number of aliphatic carboxylic acids is 2. The Morgan fingerprint density at radius 3 is 1.44 bits per heavy atom. The number of carboxylic acid groups (broad SMARTS) is 2. The van der Waals surface area contributed by atoms with E-state index in [4.69, 9.17) is 0 Å². The molecule has 0 bridgehead atoms. The van der Waals surface area contributed by atoms with E-state index in [0.29, 0.717) is 0 Å². The predicted octanol–water partition coefficient (Wildman–Crippen LogP) is -2.62. The van der Waals surface area contributed by atoms with Crippen LogP contribution in [0.1, 0.15) is 14.3 Å². The van der Waals surface area contributed by atoms with E-state index in [0.717, 1.165) is 0 Å². The zero-order valence-corrected chi connectivity index (χ0v) is 6.69. The van der Waals surface area contributed by atoms with Crippen LogP contribution in [-0.4, -0.2) is 11.9 Å². The molecular formula is C4H5NbO4+2. The first-order valence-electron chi connectivity index (χ1n) is 2.02. The summed E-state index contributed by atoms with van der Waals surface area (Å²) in [5.74, 6) is -2.73. The maximum absolute atomic E-state index is 9.50. The summed E-state index contributed by atoms with van der Waals surface area (Å²) in [7, 11) is 0. The molecule has 0 rings (SSSR count). The number of rotatable bonds is 3. The maximum Gasteiger partial charge on any atom is 3.00 e. The molecule has 0 heterocycles. The summed E-state index contributed by atoms with van der Waals surface area (Å²) in [5, 5.41) is 19.0. The van der Waals surface area contributed by atoms with Crippen molar-refractivity contribution in [1.29, 1.82) is 0 Å². The second-order valence-electron chi connectivity index (χ2n) is 1.24. The third kappa shape index (κ3) is 11.3. The Hall–Kier alpha value is -0.320. The average molecular weight is 210 g/mol. The quantitative estimate of drug-likeness (QED) is 0.477. The van der Waals surface area contributed by atoms with Crippen LogP contribution in [0.5, 0.6) is 0 Å². The van der Waals surface area contributed by atoms with Crippen LogP contribution in [0.2, 0.25) is 0 Å². The minimum atomic E-state index is -1.37. The molecular weight excluding hydrogens is 205 g/mol. The van der Waals surface area contributed by atoms with E-state index < -0.39 is 24.8 Å². The fourth-order valence-corrected chi connectivity index (χ4v) is 0.204. The van der Waals surface area contributed by atoms with Crippen molar-refractivity contribution in [3.8, 4) is 0 Å². The van der Waals surface area contributed by atoms with Gasteiger partial charge >= 0.3 is 23.8 Å². The second-order valence-corrected chi connectivity index (χ2v) is 1.24. The van der Waals surface area contributed by atoms with E-state index in [2.05, 4.69) is 0 Å². The molecule has 0 amide bonds. The van der Waals surface area contributed by atoms with Crippen LogP contribution < -0.4 is 10.2 Å². The van der Waals surface area contributed by atoms with Gasteiger partial charge in [-0.05, 0) is 12.8 Å². The summed E-state index contributed by atoms with van der Waals surface area (Å²) in [6, 6.07) is 0. The Morgan fingerprint density at radius 1 is 1.11 bits per heavy atom. The zero-order chi connectivity index (χ0) is 6.57. The molecule has 0 N–H and O–H groups in total. The third-order valence-corrected chi connectivity index (χ3v) is 0.533. The number of carbonyl (C=O) groups excluding carboxylic acids is 2. The van der Waals surface area contributed by atoms with Crippen LogP contribution in [0.15, 0.2) is 0 Å². The van der Waals surface area contributed by atoms with Gasteiger partial charge in [-0.3, -0.25) is 0 Å². The second kappa shape index (κ2) is 5.81. The average Bonchev–Trinajstić information content (AvgIpc) is 1.61. The monoisotopic (exact) mass is 210 g/mol. The first-order valence-corrected chi connectivity index (χ1v) is 2.02. The van der Waals surface area contributed by atoms with Gasteiger partial charge in [0.2, 0.25) is 0 Å². The molecule has 0 saturated carbocycles. The fraction of sp³-hybridized carbons (Fsp3) is 0.500. The summed E-state index contributed by atoms with van der Waals surface area (Å²) in [4.78, 5) is 19.0. The molecule has 0 spiro atoms. The van der Waals surface area contributed by atoms with Crippen LogP contribution in [0, 0.1) is 0 Å². The Morgan fingerprint density at radius 2 is 1.33 bits per heavy atom. The molecule has 0 aromatic heterocycles. The van der Waals surface area contributed by atoms with Crippen LogP contribution in [0.4, 0.5) is 0 Å². The van der Waals surface area contributed by atoms with Crippen molar-refractivity contribution < 1.29 is 43.6 Å². The smallest absolute Gasteiger partial charge is 0.550 e. The summed E-state index contributed by atoms with van der Waals surface area (Å²) < 4.78 is 0. The Bertz CT molecular complexity index is 102. The van der Waals surface area contributed by atoms with Gasteiger partial charge in [-0.15, -0.1) is 0 Å². The molecule has 0 radical (unpaired) electrons. The van der Waals surface area contributed by atoms with Gasteiger partial charge in [0.1, 0.15) is 0 Å². The molecule has 0 saturated heterocycles. The third-order valence-electron chi connectivity index (χ3n) is 0.533. The number of carboxylic acids is 2. The van der Waals surface area contributed by atoms with Gasteiger partial charge in [-0.2, -0.15) is 0 Å². The molecule has 0 aliphatic rings. The van der Waals surface area contributed by atoms with Crippen LogP contribution >= 0.6 is 0 Å². The molecule has 0 unspecified atom stereocenters. The molecule has 5 heteroatoms. The van der Waals surface area contributed by atoms with Gasteiger partial charge in [0, 0.05) is 11.9 Å². The molecule has 0 fully saturated rings. The van der Waals surface area contributed by atoms with Gasteiger partial charge in [-0.25, -0.2) is 0 Å². The summed E-state index contributed by atoms with van der Waals surface area (Å²) in [6.07, 6.45) is -0.940. The molecule has 9 heavy (non-hydrogen) atoms.